The minimum atomic E-state index is -1.30. The summed E-state index contributed by atoms with van der Waals surface area (Å²) in [7, 11) is 0. The van der Waals surface area contributed by atoms with Gasteiger partial charge in [-0.2, -0.15) is 0 Å². The molecule has 2 rings (SSSR count). The molecular formula is C19H19F2NO5. The largest absolute Gasteiger partial charge is 0.493 e. The molecule has 6 nitrogen and oxygen atoms in total. The van der Waals surface area contributed by atoms with Crippen LogP contribution in [-0.4, -0.2) is 36.2 Å². The lowest BCUT2D eigenvalue weighted by molar-refractivity contribution is -0.145. The van der Waals surface area contributed by atoms with Crippen molar-refractivity contribution in [1.29, 1.82) is 0 Å². The van der Waals surface area contributed by atoms with Gasteiger partial charge in [0.05, 0.1) is 13.2 Å². The second kappa shape index (κ2) is 10.1. The van der Waals surface area contributed by atoms with Crippen LogP contribution in [0.4, 0.5) is 8.78 Å². The fourth-order valence-corrected chi connectivity index (χ4v) is 2.13. The Kier molecular flexibility index (Phi) is 7.54. The average Bonchev–Trinajstić information content (AvgIpc) is 2.63. The molecule has 0 aliphatic rings. The van der Waals surface area contributed by atoms with Crippen LogP contribution in [0.2, 0.25) is 0 Å². The van der Waals surface area contributed by atoms with E-state index < -0.39 is 23.7 Å². The van der Waals surface area contributed by atoms with Gasteiger partial charge >= 0.3 is 5.97 Å². The monoisotopic (exact) mass is 379 g/mol. The molecule has 0 bridgehead atoms. The molecule has 144 valence electrons. The van der Waals surface area contributed by atoms with Crippen molar-refractivity contribution in [3.8, 4) is 11.5 Å². The van der Waals surface area contributed by atoms with E-state index >= 15 is 0 Å². The number of aliphatic carboxylic acids is 1. The molecule has 2 aromatic carbocycles. The highest BCUT2D eigenvalue weighted by Crippen LogP contribution is 2.14. The predicted octanol–water partition coefficient (Wildman–Crippen LogP) is 2.77. The lowest BCUT2D eigenvalue weighted by Crippen LogP contribution is -2.40. The number of carbonyl (C=O) groups excluding carboxylic acids is 1. The average molecular weight is 379 g/mol. The number of rotatable bonds is 10. The van der Waals surface area contributed by atoms with Crippen molar-refractivity contribution < 1.29 is 33.0 Å². The van der Waals surface area contributed by atoms with E-state index in [-0.39, 0.29) is 31.2 Å². The van der Waals surface area contributed by atoms with Crippen molar-refractivity contribution in [2.24, 2.45) is 0 Å². The van der Waals surface area contributed by atoms with Gasteiger partial charge in [-0.05, 0) is 42.8 Å². The first-order chi connectivity index (χ1) is 12.9. The maximum atomic E-state index is 13.0. The summed E-state index contributed by atoms with van der Waals surface area (Å²) in [4.78, 5) is 23.0. The Morgan fingerprint density at radius 1 is 1.04 bits per heavy atom. The molecule has 0 aromatic heterocycles. The second-order valence-corrected chi connectivity index (χ2v) is 5.61. The lowest BCUT2D eigenvalue weighted by Gasteiger charge is -2.16. The molecule has 8 heteroatoms. The van der Waals surface area contributed by atoms with E-state index in [9.17, 15) is 18.4 Å². The summed E-state index contributed by atoms with van der Waals surface area (Å²) < 4.78 is 36.4. The van der Waals surface area contributed by atoms with Crippen molar-refractivity contribution in [2.45, 2.75) is 18.9 Å². The minimum absolute atomic E-state index is 0.109. The molecule has 0 radical (unpaired) electrons. The molecule has 27 heavy (non-hydrogen) atoms. The van der Waals surface area contributed by atoms with Crippen LogP contribution in [-0.2, 0) is 9.59 Å². The van der Waals surface area contributed by atoms with E-state index in [4.69, 9.17) is 14.6 Å². The van der Waals surface area contributed by atoms with E-state index in [1.165, 1.54) is 30.3 Å². The van der Waals surface area contributed by atoms with Gasteiger partial charge in [0.15, 0.2) is 0 Å². The van der Waals surface area contributed by atoms with Crippen molar-refractivity contribution in [3.63, 3.8) is 0 Å². The maximum absolute atomic E-state index is 13.0. The summed E-state index contributed by atoms with van der Waals surface area (Å²) in [6.07, 6.45) is -0.820. The van der Waals surface area contributed by atoms with Gasteiger partial charge in [-0.1, -0.05) is 6.07 Å². The lowest BCUT2D eigenvalue weighted by atomic mass is 10.2. The third kappa shape index (κ3) is 7.31. The zero-order chi connectivity index (χ0) is 19.6. The first kappa shape index (κ1) is 20.2. The number of carboxylic acids is 1. The van der Waals surface area contributed by atoms with Gasteiger partial charge in [0.25, 0.3) is 0 Å². The molecule has 2 aromatic rings. The number of nitrogens with one attached hydrogen (secondary N) is 1. The zero-order valence-electron chi connectivity index (χ0n) is 14.4. The van der Waals surface area contributed by atoms with Crippen LogP contribution >= 0.6 is 0 Å². The van der Waals surface area contributed by atoms with E-state index in [0.717, 1.165) is 12.1 Å². The Morgan fingerprint density at radius 2 is 1.78 bits per heavy atom. The summed E-state index contributed by atoms with van der Waals surface area (Å²) in [5.41, 5.74) is 0. The van der Waals surface area contributed by atoms with Crippen LogP contribution in [0.15, 0.2) is 48.5 Å². The number of hydrogen-bond acceptors (Lipinski definition) is 4. The summed E-state index contributed by atoms with van der Waals surface area (Å²) in [5, 5.41) is 11.6. The van der Waals surface area contributed by atoms with Crippen molar-refractivity contribution >= 4 is 11.9 Å². The maximum Gasteiger partial charge on any atom is 0.346 e. The van der Waals surface area contributed by atoms with Crippen LogP contribution in [0.3, 0.4) is 0 Å². The topological polar surface area (TPSA) is 84.9 Å². The molecule has 1 unspecified atom stereocenters. The summed E-state index contributed by atoms with van der Waals surface area (Å²) in [5.74, 6) is -1.95. The molecule has 0 heterocycles. The number of hydrogen-bond donors (Lipinski definition) is 2. The highest BCUT2D eigenvalue weighted by molar-refractivity contribution is 5.78. The van der Waals surface area contributed by atoms with Gasteiger partial charge < -0.3 is 19.9 Å². The standard InChI is InChI=1S/C19H19F2NO5/c20-13-6-8-15(9-7-13)27-17(19(24)25)12-22-18(23)5-2-10-26-16-4-1-3-14(21)11-16/h1,3-4,6-9,11,17H,2,5,10,12H2,(H,22,23)(H,24,25). The van der Waals surface area contributed by atoms with E-state index in [2.05, 4.69) is 5.32 Å². The third-order valence-corrected chi connectivity index (χ3v) is 3.47. The number of benzene rings is 2. The normalized spacial score (nSPS) is 11.5. The third-order valence-electron chi connectivity index (χ3n) is 3.47. The first-order valence-electron chi connectivity index (χ1n) is 8.24. The van der Waals surface area contributed by atoms with E-state index in [1.807, 2.05) is 0 Å². The summed E-state index contributed by atoms with van der Waals surface area (Å²) >= 11 is 0. The van der Waals surface area contributed by atoms with Crippen LogP contribution in [0, 0.1) is 11.6 Å². The summed E-state index contributed by atoms with van der Waals surface area (Å²) in [6.45, 7) is -0.0262. The molecule has 1 atom stereocenters. The zero-order valence-corrected chi connectivity index (χ0v) is 14.4. The van der Waals surface area contributed by atoms with Crippen molar-refractivity contribution in [1.82, 2.24) is 5.32 Å². The number of ether oxygens (including phenoxy) is 2. The quantitative estimate of drug-likeness (QED) is 0.620. The van der Waals surface area contributed by atoms with E-state index in [1.54, 1.807) is 6.07 Å². The molecular weight excluding hydrogens is 360 g/mol. The Balaban J connectivity index is 1.70. The molecule has 2 N–H and O–H groups in total. The smallest absolute Gasteiger partial charge is 0.346 e. The Hall–Kier alpha value is -3.16. The predicted molar refractivity (Wildman–Crippen MR) is 92.6 cm³/mol. The SMILES string of the molecule is O=C(CCCOc1cccc(F)c1)NCC(Oc1ccc(F)cc1)C(=O)O. The highest BCUT2D eigenvalue weighted by Gasteiger charge is 2.20. The number of halogens is 2. The van der Waals surface area contributed by atoms with Crippen LogP contribution in [0.25, 0.3) is 0 Å². The number of amides is 1. The molecule has 0 aliphatic carbocycles. The fourth-order valence-electron chi connectivity index (χ4n) is 2.13. The Bertz CT molecular complexity index is 767. The van der Waals surface area contributed by atoms with Gasteiger partial charge in [-0.15, -0.1) is 0 Å². The van der Waals surface area contributed by atoms with Gasteiger partial charge in [0.2, 0.25) is 12.0 Å². The Morgan fingerprint density at radius 3 is 2.44 bits per heavy atom. The molecule has 0 fully saturated rings. The van der Waals surface area contributed by atoms with Gasteiger partial charge in [-0.3, -0.25) is 4.79 Å². The summed E-state index contributed by atoms with van der Waals surface area (Å²) in [6, 6.07) is 10.6. The number of carbonyl (C=O) groups is 2. The molecule has 0 saturated carbocycles. The number of carboxylic acid groups (broad SMARTS) is 1. The van der Waals surface area contributed by atoms with Gasteiger partial charge in [-0.25, -0.2) is 13.6 Å². The minimum Gasteiger partial charge on any atom is -0.493 e. The second-order valence-electron chi connectivity index (χ2n) is 5.61. The van der Waals surface area contributed by atoms with Crippen LogP contribution in [0.1, 0.15) is 12.8 Å². The van der Waals surface area contributed by atoms with Crippen molar-refractivity contribution in [2.75, 3.05) is 13.2 Å². The molecule has 0 aliphatic heterocycles. The molecule has 0 spiro atoms. The molecule has 1 amide bonds. The first-order valence-corrected chi connectivity index (χ1v) is 8.24. The van der Waals surface area contributed by atoms with Gasteiger partial charge in [0.1, 0.15) is 23.1 Å². The van der Waals surface area contributed by atoms with Crippen LogP contribution in [0.5, 0.6) is 11.5 Å². The van der Waals surface area contributed by atoms with Crippen LogP contribution < -0.4 is 14.8 Å². The highest BCUT2D eigenvalue weighted by atomic mass is 19.1. The molecule has 0 saturated heterocycles. The van der Waals surface area contributed by atoms with Crippen molar-refractivity contribution in [3.05, 3.63) is 60.2 Å². The Labute approximate surface area is 154 Å². The van der Waals surface area contributed by atoms with Gasteiger partial charge in [0, 0.05) is 12.5 Å². The van der Waals surface area contributed by atoms with E-state index in [0.29, 0.717) is 12.2 Å². The fraction of sp³-hybridized carbons (Fsp3) is 0.263.